The molecule has 0 bridgehead atoms. The number of nitrogens with one attached hydrogen (secondary N) is 1. The average molecular weight is 400 g/mol. The van der Waals surface area contributed by atoms with Gasteiger partial charge in [0.25, 0.3) is 0 Å². The minimum atomic E-state index is -4.34. The van der Waals surface area contributed by atoms with Crippen LogP contribution in [0.15, 0.2) is 18.5 Å². The van der Waals surface area contributed by atoms with Gasteiger partial charge in [0.1, 0.15) is 6.42 Å². The van der Waals surface area contributed by atoms with E-state index in [1.807, 2.05) is 4.57 Å². The third kappa shape index (κ3) is 3.42. The number of hydrogen-bond donors (Lipinski definition) is 1. The fraction of sp³-hybridized carbons (Fsp3) is 0.526. The molecule has 2 aliphatic carbocycles. The molecule has 0 saturated heterocycles. The number of carbonyl (C=O) groups excluding carboxylic acids is 1. The highest BCUT2D eigenvalue weighted by atomic mass is 19.4. The summed E-state index contributed by atoms with van der Waals surface area (Å²) < 4.78 is 65.3. The third-order valence-corrected chi connectivity index (χ3v) is 6.07. The van der Waals surface area contributed by atoms with Crippen molar-refractivity contribution < 1.29 is 31.7 Å². The zero-order chi connectivity index (χ0) is 20.2. The summed E-state index contributed by atoms with van der Waals surface area (Å²) in [5.74, 6) is -1.88. The van der Waals surface area contributed by atoms with Gasteiger partial charge in [-0.3, -0.25) is 0 Å². The van der Waals surface area contributed by atoms with Crippen LogP contribution in [0.3, 0.4) is 0 Å². The molecule has 1 aromatic carbocycles. The summed E-state index contributed by atoms with van der Waals surface area (Å²) in [6.07, 6.45) is -1.60. The van der Waals surface area contributed by atoms with Gasteiger partial charge in [-0.05, 0) is 37.5 Å². The van der Waals surface area contributed by atoms with Crippen LogP contribution >= 0.6 is 0 Å². The van der Waals surface area contributed by atoms with Crippen molar-refractivity contribution in [3.8, 4) is 0 Å². The number of alkyl halides is 3. The van der Waals surface area contributed by atoms with Gasteiger partial charge in [-0.15, -0.1) is 0 Å². The normalized spacial score (nSPS) is 28.1. The molecule has 4 nitrogen and oxygen atoms in total. The maximum absolute atomic E-state index is 13.6. The summed E-state index contributed by atoms with van der Waals surface area (Å²) in [5.41, 5.74) is 0.929. The number of amides is 1. The van der Waals surface area contributed by atoms with E-state index in [0.717, 1.165) is 31.2 Å². The van der Waals surface area contributed by atoms with Gasteiger partial charge in [0.05, 0.1) is 23.3 Å². The Morgan fingerprint density at radius 2 is 1.93 bits per heavy atom. The minimum Gasteiger partial charge on any atom is -0.327 e. The monoisotopic (exact) mass is 400 g/mol. The van der Waals surface area contributed by atoms with Crippen LogP contribution in [0.4, 0.5) is 22.0 Å². The average Bonchev–Trinajstić information content (AvgIpc) is 2.93. The topological polar surface area (TPSA) is 48.9 Å². The SMILES string of the molecule is CC(C(=O)[NH+]=CCC(F)(F)F)C1[C@H]2CC(n3cnc4cc(F)c(F)cc43)C[C@@H]12. The van der Waals surface area contributed by atoms with Crippen LogP contribution in [0.25, 0.3) is 11.0 Å². The molecular weight excluding hydrogens is 381 g/mol. The molecule has 0 spiro atoms. The van der Waals surface area contributed by atoms with Gasteiger partial charge in [-0.2, -0.15) is 18.2 Å². The highest BCUT2D eigenvalue weighted by molar-refractivity contribution is 5.76. The second-order valence-electron chi connectivity index (χ2n) is 7.76. The van der Waals surface area contributed by atoms with Crippen LogP contribution in [-0.2, 0) is 4.79 Å². The molecule has 1 heterocycles. The maximum atomic E-state index is 13.6. The van der Waals surface area contributed by atoms with Crippen LogP contribution in [-0.4, -0.2) is 27.8 Å². The van der Waals surface area contributed by atoms with Crippen molar-refractivity contribution in [1.82, 2.24) is 9.55 Å². The van der Waals surface area contributed by atoms with Crippen LogP contribution in [0.2, 0.25) is 0 Å². The van der Waals surface area contributed by atoms with E-state index in [2.05, 4.69) is 9.98 Å². The van der Waals surface area contributed by atoms with E-state index in [1.54, 1.807) is 13.3 Å². The Balaban J connectivity index is 1.39. The Kier molecular flexibility index (Phi) is 4.50. The standard InChI is InChI=1S/C19H18F5N3O/c1-9(18(28)25-3-2-19(22,23)24)17-11-4-10(5-12(11)17)27-8-26-15-6-13(20)14(21)7-16(15)27/h3,6-12,17H,2,4-5H2,1H3/p+1/t9?,10?,11-,12+,17?. The summed E-state index contributed by atoms with van der Waals surface area (Å²) in [4.78, 5) is 18.5. The third-order valence-electron chi connectivity index (χ3n) is 6.07. The van der Waals surface area contributed by atoms with Crippen molar-refractivity contribution in [3.05, 3.63) is 30.1 Å². The Morgan fingerprint density at radius 1 is 1.29 bits per heavy atom. The first kappa shape index (κ1) is 19.0. The predicted molar refractivity (Wildman–Crippen MR) is 90.3 cm³/mol. The summed E-state index contributed by atoms with van der Waals surface area (Å²) in [5, 5.41) is 0. The van der Waals surface area contributed by atoms with Gasteiger partial charge in [-0.25, -0.2) is 18.6 Å². The van der Waals surface area contributed by atoms with Crippen molar-refractivity contribution in [2.75, 3.05) is 0 Å². The molecule has 9 heteroatoms. The second kappa shape index (κ2) is 6.63. The van der Waals surface area contributed by atoms with Gasteiger partial charge >= 0.3 is 12.1 Å². The predicted octanol–water partition coefficient (Wildman–Crippen LogP) is 2.78. The zero-order valence-electron chi connectivity index (χ0n) is 15.0. The fourth-order valence-electron chi connectivity index (χ4n) is 4.72. The summed E-state index contributed by atoms with van der Waals surface area (Å²) in [6, 6.07) is 2.31. The van der Waals surface area contributed by atoms with Gasteiger partial charge in [-0.1, -0.05) is 0 Å². The smallest absolute Gasteiger partial charge is 0.327 e. The minimum absolute atomic E-state index is 0.0909. The molecule has 4 rings (SSSR count). The highest BCUT2D eigenvalue weighted by Gasteiger charge is 2.60. The molecule has 2 aliphatic rings. The lowest BCUT2D eigenvalue weighted by molar-refractivity contribution is -0.380. The van der Waals surface area contributed by atoms with Crippen molar-refractivity contribution in [1.29, 1.82) is 0 Å². The number of carbonyl (C=O) groups is 1. The lowest BCUT2D eigenvalue weighted by atomic mass is 9.96. The number of benzene rings is 1. The Labute approximate surface area is 157 Å². The van der Waals surface area contributed by atoms with Gasteiger partial charge in [0.2, 0.25) is 0 Å². The molecular formula is C19H19F5N3O+. The number of halogens is 5. The van der Waals surface area contributed by atoms with E-state index < -0.39 is 30.1 Å². The number of aromatic nitrogens is 2. The summed E-state index contributed by atoms with van der Waals surface area (Å²) >= 11 is 0. The highest BCUT2D eigenvalue weighted by Crippen LogP contribution is 2.63. The number of imidazole rings is 1. The van der Waals surface area contributed by atoms with Crippen LogP contribution in [0.1, 0.15) is 32.2 Å². The Bertz CT molecular complexity index is 939. The Morgan fingerprint density at radius 3 is 2.57 bits per heavy atom. The molecule has 150 valence electrons. The van der Waals surface area contributed by atoms with Crippen molar-refractivity contribution in [3.63, 3.8) is 0 Å². The first-order valence-corrected chi connectivity index (χ1v) is 9.16. The van der Waals surface area contributed by atoms with Gasteiger partial charge in [0.15, 0.2) is 17.8 Å². The number of rotatable bonds is 4. The summed E-state index contributed by atoms with van der Waals surface area (Å²) in [6.45, 7) is 1.74. The van der Waals surface area contributed by atoms with E-state index in [4.69, 9.17) is 0 Å². The van der Waals surface area contributed by atoms with Gasteiger partial charge in [0, 0.05) is 18.2 Å². The van der Waals surface area contributed by atoms with E-state index >= 15 is 0 Å². The van der Waals surface area contributed by atoms with Crippen LogP contribution in [0.5, 0.6) is 0 Å². The molecule has 28 heavy (non-hydrogen) atoms. The first-order chi connectivity index (χ1) is 13.2. The van der Waals surface area contributed by atoms with E-state index in [9.17, 15) is 26.7 Å². The molecule has 2 fully saturated rings. The molecule has 0 aliphatic heterocycles. The van der Waals surface area contributed by atoms with E-state index in [1.165, 1.54) is 0 Å². The quantitative estimate of drug-likeness (QED) is 0.634. The molecule has 0 radical (unpaired) electrons. The molecule has 3 unspecified atom stereocenters. The van der Waals surface area contributed by atoms with Crippen molar-refractivity contribution in [2.45, 2.75) is 38.4 Å². The molecule has 1 amide bonds. The van der Waals surface area contributed by atoms with Gasteiger partial charge < -0.3 is 4.57 Å². The second-order valence-corrected chi connectivity index (χ2v) is 7.76. The lowest BCUT2D eigenvalue weighted by Crippen LogP contribution is -2.76. The van der Waals surface area contributed by atoms with Crippen LogP contribution < -0.4 is 4.99 Å². The molecule has 5 atom stereocenters. The van der Waals surface area contributed by atoms with E-state index in [0.29, 0.717) is 22.9 Å². The lowest BCUT2D eigenvalue weighted by Gasteiger charge is -2.18. The largest absolute Gasteiger partial charge is 0.398 e. The molecule has 2 saturated carbocycles. The first-order valence-electron chi connectivity index (χ1n) is 9.16. The fourth-order valence-corrected chi connectivity index (χ4v) is 4.72. The molecule has 1 aromatic heterocycles. The number of fused-ring (bicyclic) bond motifs is 2. The molecule has 2 aromatic rings. The number of nitrogens with zero attached hydrogens (tertiary/aromatic N) is 2. The van der Waals surface area contributed by atoms with E-state index in [-0.39, 0.29) is 17.9 Å². The van der Waals surface area contributed by atoms with Crippen LogP contribution in [0, 0.1) is 35.3 Å². The zero-order valence-corrected chi connectivity index (χ0v) is 15.0. The maximum Gasteiger partial charge on any atom is 0.398 e. The Hall–Kier alpha value is -2.32. The summed E-state index contributed by atoms with van der Waals surface area (Å²) in [7, 11) is 0. The number of hydrogen-bond acceptors (Lipinski definition) is 2. The molecule has 1 N–H and O–H groups in total. The van der Waals surface area contributed by atoms with Crippen molar-refractivity contribution >= 4 is 23.2 Å². The van der Waals surface area contributed by atoms with Crippen molar-refractivity contribution in [2.24, 2.45) is 23.7 Å².